The number of amides is 1. The molecule has 2 N–H and O–H groups in total. The number of nitrogens with zero attached hydrogens (tertiary/aromatic N) is 2. The molecule has 0 saturated heterocycles. The first-order valence-electron chi connectivity index (χ1n) is 7.83. The smallest absolute Gasteiger partial charge is 0.237 e. The molecule has 1 fully saturated rings. The van der Waals surface area contributed by atoms with Crippen LogP contribution in [0.1, 0.15) is 50.4 Å². The van der Waals surface area contributed by atoms with E-state index >= 15 is 0 Å². The van der Waals surface area contributed by atoms with E-state index in [2.05, 4.69) is 27.1 Å². The minimum Gasteiger partial charge on any atom is -0.352 e. The Balaban J connectivity index is 1.62. The molecule has 5 nitrogen and oxygen atoms in total. The van der Waals surface area contributed by atoms with E-state index in [1.54, 1.807) is 6.33 Å². The highest BCUT2D eigenvalue weighted by Crippen LogP contribution is 2.21. The summed E-state index contributed by atoms with van der Waals surface area (Å²) in [6.07, 6.45) is 8.35. The predicted octanol–water partition coefficient (Wildman–Crippen LogP) is 1.61. The number of H-pyrrole nitrogens is 1. The van der Waals surface area contributed by atoms with Crippen LogP contribution < -0.4 is 5.32 Å². The molecular weight excluding hydrogens is 252 g/mol. The zero-order valence-electron chi connectivity index (χ0n) is 12.2. The van der Waals surface area contributed by atoms with Crippen LogP contribution in [0, 0.1) is 0 Å². The number of carbonyl (C=O) groups excluding carboxylic acids is 1. The van der Waals surface area contributed by atoms with Crippen molar-refractivity contribution >= 4 is 5.91 Å². The lowest BCUT2D eigenvalue weighted by Gasteiger charge is -2.33. The van der Waals surface area contributed by atoms with Gasteiger partial charge < -0.3 is 10.3 Å². The number of carbonyl (C=O) groups is 1. The van der Waals surface area contributed by atoms with Gasteiger partial charge in [0.2, 0.25) is 5.91 Å². The van der Waals surface area contributed by atoms with Gasteiger partial charge in [0, 0.05) is 25.6 Å². The van der Waals surface area contributed by atoms with E-state index in [0.29, 0.717) is 6.04 Å². The summed E-state index contributed by atoms with van der Waals surface area (Å²) in [5.41, 5.74) is 2.33. The quantitative estimate of drug-likeness (QED) is 0.878. The van der Waals surface area contributed by atoms with Gasteiger partial charge in [-0.15, -0.1) is 0 Å². The van der Waals surface area contributed by atoms with Gasteiger partial charge in [-0.3, -0.25) is 9.69 Å². The summed E-state index contributed by atoms with van der Waals surface area (Å²) >= 11 is 0. The zero-order chi connectivity index (χ0) is 13.9. The van der Waals surface area contributed by atoms with Gasteiger partial charge in [-0.2, -0.15) is 0 Å². The SMILES string of the molecule is CC[C@@H](C(=O)NC1CCCC1)N1CCc2nc[nH]c2C1. The number of fused-ring (bicyclic) bond motifs is 1. The van der Waals surface area contributed by atoms with Gasteiger partial charge in [0.25, 0.3) is 0 Å². The fourth-order valence-corrected chi connectivity index (χ4v) is 3.48. The van der Waals surface area contributed by atoms with Crippen LogP contribution in [-0.2, 0) is 17.8 Å². The minimum absolute atomic E-state index is 0.00736. The third-order valence-electron chi connectivity index (χ3n) is 4.64. The van der Waals surface area contributed by atoms with E-state index in [1.165, 1.54) is 18.5 Å². The second kappa shape index (κ2) is 5.95. The van der Waals surface area contributed by atoms with Crippen molar-refractivity contribution < 1.29 is 4.79 Å². The third kappa shape index (κ3) is 2.73. The first-order valence-corrected chi connectivity index (χ1v) is 7.83. The topological polar surface area (TPSA) is 61.0 Å². The minimum atomic E-state index is -0.00736. The van der Waals surface area contributed by atoms with Gasteiger partial charge in [-0.05, 0) is 19.3 Å². The molecule has 0 unspecified atom stereocenters. The Hall–Kier alpha value is -1.36. The number of rotatable bonds is 4. The number of aromatic amines is 1. The molecule has 1 aromatic rings. The molecule has 0 bridgehead atoms. The van der Waals surface area contributed by atoms with Crippen LogP contribution in [-0.4, -0.2) is 39.4 Å². The summed E-state index contributed by atoms with van der Waals surface area (Å²) < 4.78 is 0. The Bertz CT molecular complexity index is 464. The molecule has 0 radical (unpaired) electrons. The summed E-state index contributed by atoms with van der Waals surface area (Å²) in [5, 5.41) is 3.24. The summed E-state index contributed by atoms with van der Waals surface area (Å²) in [5.74, 6) is 0.211. The van der Waals surface area contributed by atoms with E-state index in [4.69, 9.17) is 0 Å². The van der Waals surface area contributed by atoms with Crippen molar-refractivity contribution in [2.75, 3.05) is 6.54 Å². The van der Waals surface area contributed by atoms with Gasteiger partial charge >= 0.3 is 0 Å². The fourth-order valence-electron chi connectivity index (χ4n) is 3.48. The normalized spacial score (nSPS) is 21.6. The van der Waals surface area contributed by atoms with Crippen molar-refractivity contribution in [3.63, 3.8) is 0 Å². The first-order chi connectivity index (χ1) is 9.78. The molecule has 0 aromatic carbocycles. The molecule has 1 amide bonds. The molecule has 20 heavy (non-hydrogen) atoms. The van der Waals surface area contributed by atoms with Crippen LogP contribution in [0.3, 0.4) is 0 Å². The molecule has 2 aliphatic rings. The van der Waals surface area contributed by atoms with Crippen LogP contribution in [0.15, 0.2) is 6.33 Å². The summed E-state index contributed by atoms with van der Waals surface area (Å²) in [7, 11) is 0. The van der Waals surface area contributed by atoms with Crippen LogP contribution in [0.4, 0.5) is 0 Å². The molecular formula is C15H24N4O. The Labute approximate surface area is 120 Å². The summed E-state index contributed by atoms with van der Waals surface area (Å²) in [6, 6.07) is 0.399. The molecule has 110 valence electrons. The second-order valence-electron chi connectivity index (χ2n) is 5.96. The highest BCUT2D eigenvalue weighted by Gasteiger charge is 2.30. The predicted molar refractivity (Wildman–Crippen MR) is 77.2 cm³/mol. The first kappa shape index (κ1) is 13.6. The van der Waals surface area contributed by atoms with Crippen molar-refractivity contribution in [1.29, 1.82) is 0 Å². The standard InChI is InChI=1S/C15H24N4O/c1-2-14(15(20)18-11-5-3-4-6-11)19-8-7-12-13(9-19)17-10-16-12/h10-11,14H,2-9H2,1H3,(H,16,17)(H,18,20)/t14-/m0/s1. The molecule has 1 aliphatic carbocycles. The van der Waals surface area contributed by atoms with Gasteiger partial charge in [-0.25, -0.2) is 4.98 Å². The maximum absolute atomic E-state index is 12.5. The van der Waals surface area contributed by atoms with Crippen molar-refractivity contribution in [2.24, 2.45) is 0 Å². The Kier molecular flexibility index (Phi) is 4.05. The molecule has 2 heterocycles. The second-order valence-corrected chi connectivity index (χ2v) is 5.96. The zero-order valence-corrected chi connectivity index (χ0v) is 12.2. The van der Waals surface area contributed by atoms with Crippen LogP contribution in [0.25, 0.3) is 0 Å². The summed E-state index contributed by atoms with van der Waals surface area (Å²) in [6.45, 7) is 3.84. The average molecular weight is 276 g/mol. The average Bonchev–Trinajstić information content (AvgIpc) is 3.09. The van der Waals surface area contributed by atoms with E-state index < -0.39 is 0 Å². The molecule has 5 heteroatoms. The molecule has 3 rings (SSSR count). The number of hydrogen-bond acceptors (Lipinski definition) is 3. The third-order valence-corrected chi connectivity index (χ3v) is 4.64. The monoisotopic (exact) mass is 276 g/mol. The van der Waals surface area contributed by atoms with Crippen molar-refractivity contribution in [1.82, 2.24) is 20.2 Å². The maximum atomic E-state index is 12.5. The van der Waals surface area contributed by atoms with E-state index in [1.807, 2.05) is 0 Å². The van der Waals surface area contributed by atoms with E-state index in [9.17, 15) is 4.79 Å². The molecule has 1 aliphatic heterocycles. The lowest BCUT2D eigenvalue weighted by atomic mass is 10.1. The number of nitrogens with one attached hydrogen (secondary N) is 2. The molecule has 0 spiro atoms. The van der Waals surface area contributed by atoms with Crippen molar-refractivity contribution in [3.05, 3.63) is 17.7 Å². The van der Waals surface area contributed by atoms with E-state index in [-0.39, 0.29) is 11.9 Å². The molecule has 1 saturated carbocycles. The number of aromatic nitrogens is 2. The van der Waals surface area contributed by atoms with Gasteiger partial charge in [0.1, 0.15) is 0 Å². The number of hydrogen-bond donors (Lipinski definition) is 2. The van der Waals surface area contributed by atoms with Crippen molar-refractivity contribution in [2.45, 2.75) is 64.1 Å². The molecule has 1 aromatic heterocycles. The van der Waals surface area contributed by atoms with Crippen LogP contribution in [0.2, 0.25) is 0 Å². The Morgan fingerprint density at radius 1 is 1.55 bits per heavy atom. The lowest BCUT2D eigenvalue weighted by molar-refractivity contribution is -0.127. The van der Waals surface area contributed by atoms with Crippen LogP contribution >= 0.6 is 0 Å². The largest absolute Gasteiger partial charge is 0.352 e. The van der Waals surface area contributed by atoms with Gasteiger partial charge in [-0.1, -0.05) is 19.8 Å². The Morgan fingerprint density at radius 3 is 3.10 bits per heavy atom. The van der Waals surface area contributed by atoms with Crippen LogP contribution in [0.5, 0.6) is 0 Å². The van der Waals surface area contributed by atoms with Gasteiger partial charge in [0.05, 0.1) is 23.8 Å². The molecule has 1 atom stereocenters. The van der Waals surface area contributed by atoms with Gasteiger partial charge in [0.15, 0.2) is 0 Å². The maximum Gasteiger partial charge on any atom is 0.237 e. The van der Waals surface area contributed by atoms with Crippen molar-refractivity contribution in [3.8, 4) is 0 Å². The lowest BCUT2D eigenvalue weighted by Crippen LogP contribution is -2.50. The number of imidazole rings is 1. The Morgan fingerprint density at radius 2 is 2.35 bits per heavy atom. The highest BCUT2D eigenvalue weighted by molar-refractivity contribution is 5.82. The summed E-state index contributed by atoms with van der Waals surface area (Å²) in [4.78, 5) is 22.3. The fraction of sp³-hybridized carbons (Fsp3) is 0.733. The van der Waals surface area contributed by atoms with E-state index in [0.717, 1.165) is 44.5 Å². The highest BCUT2D eigenvalue weighted by atomic mass is 16.2.